The largest absolute Gasteiger partial charge is 0.484 e. The van der Waals surface area contributed by atoms with Crippen molar-refractivity contribution in [3.05, 3.63) is 29.8 Å². The lowest BCUT2D eigenvalue weighted by atomic mass is 10.2. The number of hydrogen-bond donors (Lipinski definition) is 0. The first kappa shape index (κ1) is 11.6. The molecule has 2 aliphatic heterocycles. The predicted molar refractivity (Wildman–Crippen MR) is 66.8 cm³/mol. The molecule has 0 saturated carbocycles. The third kappa shape index (κ3) is 2.09. The number of rotatable bonds is 1. The minimum absolute atomic E-state index is 0.360. The summed E-state index contributed by atoms with van der Waals surface area (Å²) in [4.78, 5) is 0. The zero-order valence-electron chi connectivity index (χ0n) is 10.3. The third-order valence-corrected chi connectivity index (χ3v) is 3.04. The second kappa shape index (κ2) is 4.63. The fourth-order valence-corrected chi connectivity index (χ4v) is 2.13. The van der Waals surface area contributed by atoms with E-state index in [4.69, 9.17) is 18.9 Å². The Labute approximate surface area is 106 Å². The maximum absolute atomic E-state index is 5.76. The van der Waals surface area contributed by atoms with Gasteiger partial charge >= 0.3 is 0 Å². The van der Waals surface area contributed by atoms with Crippen molar-refractivity contribution in [2.24, 2.45) is 0 Å². The number of fused-ring (bicyclic) bond motifs is 1. The van der Waals surface area contributed by atoms with Crippen molar-refractivity contribution < 1.29 is 18.9 Å². The van der Waals surface area contributed by atoms with Crippen molar-refractivity contribution in [3.63, 3.8) is 0 Å². The Morgan fingerprint density at radius 3 is 2.50 bits per heavy atom. The van der Waals surface area contributed by atoms with Crippen LogP contribution in [0.2, 0.25) is 0 Å². The Morgan fingerprint density at radius 2 is 1.78 bits per heavy atom. The van der Waals surface area contributed by atoms with Gasteiger partial charge in [0.15, 0.2) is 11.5 Å². The van der Waals surface area contributed by atoms with Gasteiger partial charge in [-0.25, -0.2) is 0 Å². The summed E-state index contributed by atoms with van der Waals surface area (Å²) in [6.07, 6.45) is 4.01. The van der Waals surface area contributed by atoms with E-state index in [0.717, 1.165) is 17.1 Å². The lowest BCUT2D eigenvalue weighted by Crippen LogP contribution is -2.41. The lowest BCUT2D eigenvalue weighted by Gasteiger charge is -2.23. The molecule has 0 unspecified atom stereocenters. The Hall–Kier alpha value is -1.52. The fraction of sp³-hybridized carbons (Fsp3) is 0.429. The van der Waals surface area contributed by atoms with E-state index in [-0.39, 0.29) is 0 Å². The van der Waals surface area contributed by atoms with Crippen LogP contribution in [0.15, 0.2) is 24.3 Å². The molecule has 96 valence electrons. The summed E-state index contributed by atoms with van der Waals surface area (Å²) in [7, 11) is 0. The molecule has 0 N–H and O–H groups in total. The quantitative estimate of drug-likeness (QED) is 0.763. The third-order valence-electron chi connectivity index (χ3n) is 3.04. The molecule has 4 nitrogen and oxygen atoms in total. The molecular formula is C14H16O4. The van der Waals surface area contributed by atoms with Crippen molar-refractivity contribution in [1.29, 1.82) is 0 Å². The normalized spacial score (nSPS) is 21.4. The molecule has 0 amide bonds. The zero-order valence-corrected chi connectivity index (χ0v) is 10.3. The highest BCUT2D eigenvalue weighted by molar-refractivity contribution is 5.55. The van der Waals surface area contributed by atoms with Crippen LogP contribution in [0.4, 0.5) is 0 Å². The first-order valence-electron chi connectivity index (χ1n) is 6.12. The molecule has 1 spiro atoms. The van der Waals surface area contributed by atoms with Gasteiger partial charge in [0.1, 0.15) is 13.2 Å². The molecule has 4 heteroatoms. The van der Waals surface area contributed by atoms with E-state index in [9.17, 15) is 0 Å². The summed E-state index contributed by atoms with van der Waals surface area (Å²) in [5, 5.41) is 0. The Balaban J connectivity index is 1.84. The number of allylic oxidation sites excluding steroid dienone is 1. The van der Waals surface area contributed by atoms with Gasteiger partial charge in [0.2, 0.25) is 5.79 Å². The van der Waals surface area contributed by atoms with Gasteiger partial charge in [-0.3, -0.25) is 0 Å². The summed E-state index contributed by atoms with van der Waals surface area (Å²) in [6.45, 7) is 3.89. The molecule has 0 bridgehead atoms. The SMILES string of the molecule is C/C=C/c1ccc2c(c1)OCC1(CO2)OCCO1. The molecule has 1 aromatic rings. The highest BCUT2D eigenvalue weighted by atomic mass is 16.8. The molecule has 2 aliphatic rings. The molecule has 0 atom stereocenters. The van der Waals surface area contributed by atoms with Gasteiger partial charge in [0.25, 0.3) is 0 Å². The van der Waals surface area contributed by atoms with Crippen molar-refractivity contribution in [1.82, 2.24) is 0 Å². The van der Waals surface area contributed by atoms with Gasteiger partial charge in [-0.05, 0) is 24.6 Å². The van der Waals surface area contributed by atoms with E-state index in [1.165, 1.54) is 0 Å². The van der Waals surface area contributed by atoms with Crippen molar-refractivity contribution in [3.8, 4) is 11.5 Å². The Kier molecular flexibility index (Phi) is 2.97. The molecule has 0 aromatic heterocycles. The van der Waals surface area contributed by atoms with Crippen molar-refractivity contribution in [2.75, 3.05) is 26.4 Å². The van der Waals surface area contributed by atoms with E-state index in [2.05, 4.69) is 0 Å². The van der Waals surface area contributed by atoms with Gasteiger partial charge in [0.05, 0.1) is 13.2 Å². The smallest absolute Gasteiger partial charge is 0.238 e. The highest BCUT2D eigenvalue weighted by Gasteiger charge is 2.40. The summed E-state index contributed by atoms with van der Waals surface area (Å²) < 4.78 is 22.7. The van der Waals surface area contributed by atoms with Crippen LogP contribution in [-0.2, 0) is 9.47 Å². The van der Waals surface area contributed by atoms with Crippen molar-refractivity contribution in [2.45, 2.75) is 12.7 Å². The van der Waals surface area contributed by atoms with Gasteiger partial charge in [-0.2, -0.15) is 0 Å². The molecule has 2 heterocycles. The number of benzene rings is 1. The van der Waals surface area contributed by atoms with E-state index < -0.39 is 5.79 Å². The summed E-state index contributed by atoms with van der Waals surface area (Å²) in [5.74, 6) is 0.737. The molecule has 18 heavy (non-hydrogen) atoms. The Morgan fingerprint density at radius 1 is 1.06 bits per heavy atom. The second-order valence-electron chi connectivity index (χ2n) is 4.39. The maximum Gasteiger partial charge on any atom is 0.238 e. The maximum atomic E-state index is 5.76. The molecule has 1 fully saturated rings. The van der Waals surface area contributed by atoms with E-state index in [1.807, 2.05) is 37.3 Å². The van der Waals surface area contributed by atoms with Gasteiger partial charge < -0.3 is 18.9 Å². The first-order chi connectivity index (χ1) is 8.81. The second-order valence-corrected chi connectivity index (χ2v) is 4.39. The molecular weight excluding hydrogens is 232 g/mol. The van der Waals surface area contributed by atoms with Crippen LogP contribution in [0.5, 0.6) is 11.5 Å². The van der Waals surface area contributed by atoms with Gasteiger partial charge in [0, 0.05) is 0 Å². The van der Waals surface area contributed by atoms with Crippen molar-refractivity contribution >= 4 is 6.08 Å². The summed E-state index contributed by atoms with van der Waals surface area (Å²) >= 11 is 0. The molecule has 1 aromatic carbocycles. The van der Waals surface area contributed by atoms with Crippen LogP contribution >= 0.6 is 0 Å². The van der Waals surface area contributed by atoms with Crippen LogP contribution in [0.25, 0.3) is 6.08 Å². The average Bonchev–Trinajstić information content (AvgIpc) is 2.77. The van der Waals surface area contributed by atoms with Crippen LogP contribution in [0.3, 0.4) is 0 Å². The first-order valence-corrected chi connectivity index (χ1v) is 6.12. The lowest BCUT2D eigenvalue weighted by molar-refractivity contribution is -0.189. The summed E-state index contributed by atoms with van der Waals surface area (Å²) in [5.41, 5.74) is 1.09. The minimum atomic E-state index is -0.736. The highest BCUT2D eigenvalue weighted by Crippen LogP contribution is 2.34. The predicted octanol–water partition coefficient (Wildman–Crippen LogP) is 2.23. The van der Waals surface area contributed by atoms with Gasteiger partial charge in [-0.1, -0.05) is 18.2 Å². The molecule has 3 rings (SSSR count). The van der Waals surface area contributed by atoms with E-state index >= 15 is 0 Å². The molecule has 0 radical (unpaired) electrons. The summed E-state index contributed by atoms with van der Waals surface area (Å²) in [6, 6.07) is 5.87. The fourth-order valence-electron chi connectivity index (χ4n) is 2.13. The number of ether oxygens (including phenoxy) is 4. The minimum Gasteiger partial charge on any atom is -0.484 e. The zero-order chi connectivity index (χ0) is 12.4. The molecule has 0 aliphatic carbocycles. The van der Waals surface area contributed by atoms with Crippen LogP contribution in [0.1, 0.15) is 12.5 Å². The Bertz CT molecular complexity index is 461. The average molecular weight is 248 g/mol. The molecule has 1 saturated heterocycles. The van der Waals surface area contributed by atoms with Gasteiger partial charge in [-0.15, -0.1) is 0 Å². The monoisotopic (exact) mass is 248 g/mol. The topological polar surface area (TPSA) is 36.9 Å². The van der Waals surface area contributed by atoms with Crippen LogP contribution in [0, 0.1) is 0 Å². The standard InChI is InChI=1S/C14H16O4/c1-2-3-11-4-5-12-13(8-11)16-10-14(9-15-12)17-6-7-18-14/h2-5,8H,6-7,9-10H2,1H3/b3-2+. The number of hydrogen-bond acceptors (Lipinski definition) is 4. The van der Waals surface area contributed by atoms with Crippen LogP contribution in [-0.4, -0.2) is 32.2 Å². The van der Waals surface area contributed by atoms with E-state index in [0.29, 0.717) is 26.4 Å². The van der Waals surface area contributed by atoms with E-state index in [1.54, 1.807) is 0 Å². The van der Waals surface area contributed by atoms with Crippen LogP contribution < -0.4 is 9.47 Å².